The van der Waals surface area contributed by atoms with E-state index in [0.29, 0.717) is 0 Å². The molecule has 1 fully saturated rings. The van der Waals surface area contributed by atoms with Gasteiger partial charge < -0.3 is 5.32 Å². The molecule has 1 nitrogen and oxygen atoms in total. The molecule has 1 N–H and O–H groups in total. The second kappa shape index (κ2) is 4.14. The fraction of sp³-hybridized carbons (Fsp3) is 0.538. The van der Waals surface area contributed by atoms with Crippen molar-refractivity contribution in [3.63, 3.8) is 0 Å². The molecular formula is C13H19N. The Kier molecular flexibility index (Phi) is 2.87. The number of aryl methyl sites for hydroxylation is 2. The Morgan fingerprint density at radius 2 is 2.14 bits per heavy atom. The number of benzene rings is 1. The van der Waals surface area contributed by atoms with Gasteiger partial charge in [0.15, 0.2) is 0 Å². The number of hydrogen-bond donors (Lipinski definition) is 1. The first-order valence-corrected chi connectivity index (χ1v) is 5.55. The lowest BCUT2D eigenvalue weighted by Crippen LogP contribution is -2.23. The Bertz CT molecular complexity index is 311. The van der Waals surface area contributed by atoms with Crippen molar-refractivity contribution in [2.45, 2.75) is 39.2 Å². The van der Waals surface area contributed by atoms with Crippen molar-refractivity contribution in [1.29, 1.82) is 0 Å². The fourth-order valence-electron chi connectivity index (χ4n) is 2.15. The van der Waals surface area contributed by atoms with E-state index in [1.54, 1.807) is 0 Å². The lowest BCUT2D eigenvalue weighted by atomic mass is 10.0. The van der Waals surface area contributed by atoms with Crippen LogP contribution in [0.3, 0.4) is 0 Å². The molecule has 1 aromatic carbocycles. The van der Waals surface area contributed by atoms with E-state index in [-0.39, 0.29) is 0 Å². The first-order valence-electron chi connectivity index (χ1n) is 5.55. The van der Waals surface area contributed by atoms with Crippen LogP contribution in [0.15, 0.2) is 18.2 Å². The van der Waals surface area contributed by atoms with E-state index in [4.69, 9.17) is 0 Å². The average molecular weight is 189 g/mol. The highest BCUT2D eigenvalue weighted by Crippen LogP contribution is 2.15. The van der Waals surface area contributed by atoms with Crippen LogP contribution in [0, 0.1) is 13.8 Å². The van der Waals surface area contributed by atoms with Crippen LogP contribution in [0.4, 0.5) is 0 Å². The standard InChI is InChI=1S/C13H19N/c1-10-5-6-12(8-11(10)2)9-13-4-3-7-14-13/h5-6,8,13-14H,3-4,7,9H2,1-2H3. The Morgan fingerprint density at radius 3 is 2.79 bits per heavy atom. The van der Waals surface area contributed by atoms with E-state index in [0.717, 1.165) is 6.04 Å². The zero-order valence-corrected chi connectivity index (χ0v) is 9.14. The van der Waals surface area contributed by atoms with Gasteiger partial charge in [0.1, 0.15) is 0 Å². The third-order valence-corrected chi connectivity index (χ3v) is 3.22. The minimum absolute atomic E-state index is 0.720. The third kappa shape index (κ3) is 2.16. The van der Waals surface area contributed by atoms with Gasteiger partial charge in [-0.3, -0.25) is 0 Å². The van der Waals surface area contributed by atoms with Crippen molar-refractivity contribution < 1.29 is 0 Å². The summed E-state index contributed by atoms with van der Waals surface area (Å²) < 4.78 is 0. The topological polar surface area (TPSA) is 12.0 Å². The van der Waals surface area contributed by atoms with Gasteiger partial charge in [-0.05, 0) is 56.3 Å². The van der Waals surface area contributed by atoms with Crippen LogP contribution in [0.2, 0.25) is 0 Å². The summed E-state index contributed by atoms with van der Waals surface area (Å²) in [4.78, 5) is 0. The van der Waals surface area contributed by atoms with Gasteiger partial charge in [0.25, 0.3) is 0 Å². The van der Waals surface area contributed by atoms with Gasteiger partial charge in [0.05, 0.1) is 0 Å². The van der Waals surface area contributed by atoms with Crippen molar-refractivity contribution in [3.05, 3.63) is 34.9 Å². The SMILES string of the molecule is Cc1ccc(CC2CCCN2)cc1C. The van der Waals surface area contributed by atoms with Gasteiger partial charge in [0, 0.05) is 6.04 Å². The maximum Gasteiger partial charge on any atom is 0.0108 e. The minimum Gasteiger partial charge on any atom is -0.314 e. The summed E-state index contributed by atoms with van der Waals surface area (Å²) in [6, 6.07) is 7.55. The molecule has 1 aliphatic rings. The quantitative estimate of drug-likeness (QED) is 0.754. The molecule has 1 saturated heterocycles. The maximum absolute atomic E-state index is 3.54. The van der Waals surface area contributed by atoms with Crippen molar-refractivity contribution in [2.75, 3.05) is 6.54 Å². The molecule has 2 rings (SSSR count). The highest BCUT2D eigenvalue weighted by atomic mass is 14.9. The van der Waals surface area contributed by atoms with E-state index in [2.05, 4.69) is 37.4 Å². The molecule has 0 amide bonds. The Balaban J connectivity index is 2.05. The van der Waals surface area contributed by atoms with Gasteiger partial charge in [-0.15, -0.1) is 0 Å². The summed E-state index contributed by atoms with van der Waals surface area (Å²) >= 11 is 0. The summed E-state index contributed by atoms with van der Waals surface area (Å²) in [6.45, 7) is 5.57. The maximum atomic E-state index is 3.54. The first kappa shape index (κ1) is 9.72. The number of nitrogens with one attached hydrogen (secondary N) is 1. The zero-order valence-electron chi connectivity index (χ0n) is 9.14. The Morgan fingerprint density at radius 1 is 1.29 bits per heavy atom. The molecular weight excluding hydrogens is 170 g/mol. The molecule has 0 bridgehead atoms. The lowest BCUT2D eigenvalue weighted by Gasteiger charge is -2.11. The van der Waals surface area contributed by atoms with E-state index in [1.807, 2.05) is 0 Å². The van der Waals surface area contributed by atoms with Crippen molar-refractivity contribution >= 4 is 0 Å². The van der Waals surface area contributed by atoms with Gasteiger partial charge in [-0.25, -0.2) is 0 Å². The average Bonchev–Trinajstić information content (AvgIpc) is 2.64. The largest absolute Gasteiger partial charge is 0.314 e. The molecule has 0 aliphatic carbocycles. The predicted molar refractivity (Wildman–Crippen MR) is 60.6 cm³/mol. The van der Waals surface area contributed by atoms with Crippen LogP contribution in [-0.2, 0) is 6.42 Å². The second-order valence-corrected chi connectivity index (χ2v) is 4.42. The van der Waals surface area contributed by atoms with Crippen LogP contribution >= 0.6 is 0 Å². The van der Waals surface area contributed by atoms with E-state index in [1.165, 1.54) is 42.5 Å². The molecule has 1 unspecified atom stereocenters. The van der Waals surface area contributed by atoms with Gasteiger partial charge in [0.2, 0.25) is 0 Å². The van der Waals surface area contributed by atoms with Gasteiger partial charge in [-0.1, -0.05) is 18.2 Å². The highest BCUT2D eigenvalue weighted by Gasteiger charge is 2.14. The number of hydrogen-bond acceptors (Lipinski definition) is 1. The van der Waals surface area contributed by atoms with Crippen LogP contribution in [0.25, 0.3) is 0 Å². The van der Waals surface area contributed by atoms with Crippen molar-refractivity contribution in [2.24, 2.45) is 0 Å². The highest BCUT2D eigenvalue weighted by molar-refractivity contribution is 5.30. The van der Waals surface area contributed by atoms with Crippen molar-refractivity contribution in [1.82, 2.24) is 5.32 Å². The summed E-state index contributed by atoms with van der Waals surface area (Å²) in [6.07, 6.45) is 3.88. The molecule has 14 heavy (non-hydrogen) atoms. The third-order valence-electron chi connectivity index (χ3n) is 3.22. The van der Waals surface area contributed by atoms with E-state index >= 15 is 0 Å². The smallest absolute Gasteiger partial charge is 0.0108 e. The molecule has 0 radical (unpaired) electrons. The first-order chi connectivity index (χ1) is 6.75. The monoisotopic (exact) mass is 189 g/mol. The molecule has 1 heterocycles. The molecule has 1 heteroatoms. The minimum atomic E-state index is 0.720. The normalized spacial score (nSPS) is 21.4. The van der Waals surface area contributed by atoms with E-state index in [9.17, 15) is 0 Å². The summed E-state index contributed by atoms with van der Waals surface area (Å²) in [7, 11) is 0. The second-order valence-electron chi connectivity index (χ2n) is 4.42. The Labute approximate surface area is 86.5 Å². The zero-order chi connectivity index (χ0) is 9.97. The molecule has 0 aromatic heterocycles. The van der Waals surface area contributed by atoms with Crippen LogP contribution < -0.4 is 5.32 Å². The molecule has 0 spiro atoms. The van der Waals surface area contributed by atoms with Crippen LogP contribution in [-0.4, -0.2) is 12.6 Å². The molecule has 76 valence electrons. The summed E-state index contributed by atoms with van der Waals surface area (Å²) in [5, 5.41) is 3.54. The Hall–Kier alpha value is -0.820. The molecule has 1 aromatic rings. The van der Waals surface area contributed by atoms with Crippen LogP contribution in [0.5, 0.6) is 0 Å². The number of rotatable bonds is 2. The van der Waals surface area contributed by atoms with Crippen molar-refractivity contribution in [3.8, 4) is 0 Å². The van der Waals surface area contributed by atoms with E-state index < -0.39 is 0 Å². The fourth-order valence-corrected chi connectivity index (χ4v) is 2.15. The van der Waals surface area contributed by atoms with Crippen LogP contribution in [0.1, 0.15) is 29.5 Å². The van der Waals surface area contributed by atoms with Gasteiger partial charge >= 0.3 is 0 Å². The molecule has 1 atom stereocenters. The predicted octanol–water partition coefficient (Wildman–Crippen LogP) is 2.60. The summed E-state index contributed by atoms with van der Waals surface area (Å²) in [5.41, 5.74) is 4.29. The van der Waals surface area contributed by atoms with Gasteiger partial charge in [-0.2, -0.15) is 0 Å². The lowest BCUT2D eigenvalue weighted by molar-refractivity contribution is 0.603. The molecule has 1 aliphatic heterocycles. The molecule has 0 saturated carbocycles. The summed E-state index contributed by atoms with van der Waals surface area (Å²) in [5.74, 6) is 0.